The van der Waals surface area contributed by atoms with Crippen molar-refractivity contribution < 1.29 is 0 Å². The van der Waals surface area contributed by atoms with Crippen molar-refractivity contribution in [1.82, 2.24) is 5.32 Å². The molecule has 2 rings (SSSR count). The third-order valence-corrected chi connectivity index (χ3v) is 5.28. The highest BCUT2D eigenvalue weighted by atomic mass is 15.0. The molecule has 0 spiro atoms. The Morgan fingerprint density at radius 1 is 1.00 bits per heavy atom. The van der Waals surface area contributed by atoms with E-state index in [0.29, 0.717) is 12.1 Å². The summed E-state index contributed by atoms with van der Waals surface area (Å²) in [5.41, 5.74) is 5.69. The molecule has 106 valence electrons. The predicted molar refractivity (Wildman–Crippen MR) is 83.6 cm³/mol. The van der Waals surface area contributed by atoms with Gasteiger partial charge in [0, 0.05) is 12.1 Å². The molecule has 4 atom stereocenters. The van der Waals surface area contributed by atoms with Gasteiger partial charge in [-0.15, -0.1) is 0 Å². The van der Waals surface area contributed by atoms with E-state index in [2.05, 4.69) is 59.0 Å². The molecule has 1 aliphatic rings. The van der Waals surface area contributed by atoms with Crippen molar-refractivity contribution in [3.63, 3.8) is 0 Å². The molecule has 0 heterocycles. The zero-order chi connectivity index (χ0) is 14.2. The summed E-state index contributed by atoms with van der Waals surface area (Å²) in [6.07, 6.45) is 2.70. The second kappa shape index (κ2) is 5.66. The molecule has 1 fully saturated rings. The highest BCUT2D eigenvalue weighted by Gasteiger charge is 2.30. The summed E-state index contributed by atoms with van der Waals surface area (Å²) in [7, 11) is 0. The molecular formula is C18H29N. The van der Waals surface area contributed by atoms with Crippen molar-refractivity contribution in [2.24, 2.45) is 11.8 Å². The maximum atomic E-state index is 3.86. The van der Waals surface area contributed by atoms with Crippen LogP contribution in [0.3, 0.4) is 0 Å². The van der Waals surface area contributed by atoms with Gasteiger partial charge in [0.1, 0.15) is 0 Å². The normalized spacial score (nSPS) is 28.6. The molecule has 1 aromatic rings. The number of benzene rings is 1. The van der Waals surface area contributed by atoms with E-state index in [4.69, 9.17) is 0 Å². The van der Waals surface area contributed by atoms with Crippen LogP contribution in [0.5, 0.6) is 0 Å². The zero-order valence-electron chi connectivity index (χ0n) is 13.4. The molecule has 1 saturated carbocycles. The molecule has 0 saturated heterocycles. The van der Waals surface area contributed by atoms with Gasteiger partial charge < -0.3 is 5.32 Å². The van der Waals surface area contributed by atoms with E-state index in [9.17, 15) is 0 Å². The Morgan fingerprint density at radius 3 is 2.21 bits per heavy atom. The van der Waals surface area contributed by atoms with Crippen molar-refractivity contribution >= 4 is 0 Å². The fraction of sp³-hybridized carbons (Fsp3) is 0.667. The van der Waals surface area contributed by atoms with Crippen LogP contribution in [0.2, 0.25) is 0 Å². The smallest absolute Gasteiger partial charge is 0.0297 e. The Labute approximate surface area is 118 Å². The first-order valence-corrected chi connectivity index (χ1v) is 7.74. The van der Waals surface area contributed by atoms with E-state index in [1.165, 1.54) is 35.1 Å². The molecule has 0 aromatic heterocycles. The Bertz CT molecular complexity index is 449. The highest BCUT2D eigenvalue weighted by molar-refractivity contribution is 5.38. The van der Waals surface area contributed by atoms with Crippen LogP contribution in [-0.2, 0) is 0 Å². The van der Waals surface area contributed by atoms with Gasteiger partial charge in [0.2, 0.25) is 0 Å². The van der Waals surface area contributed by atoms with Gasteiger partial charge in [-0.05, 0) is 74.6 Å². The Morgan fingerprint density at radius 2 is 1.63 bits per heavy atom. The maximum absolute atomic E-state index is 3.86. The first kappa shape index (κ1) is 14.6. The minimum absolute atomic E-state index is 0.456. The van der Waals surface area contributed by atoms with Crippen LogP contribution in [0.15, 0.2) is 12.1 Å². The molecule has 1 heteroatoms. The van der Waals surface area contributed by atoms with E-state index in [-0.39, 0.29) is 0 Å². The number of nitrogens with one attached hydrogen (secondary N) is 1. The highest BCUT2D eigenvalue weighted by Crippen LogP contribution is 2.33. The molecule has 0 amide bonds. The lowest BCUT2D eigenvalue weighted by Gasteiger charge is -2.26. The van der Waals surface area contributed by atoms with Gasteiger partial charge in [0.15, 0.2) is 0 Å². The van der Waals surface area contributed by atoms with Crippen LogP contribution in [0.25, 0.3) is 0 Å². The van der Waals surface area contributed by atoms with Crippen molar-refractivity contribution in [2.75, 3.05) is 0 Å². The largest absolute Gasteiger partial charge is 0.307 e. The summed E-state index contributed by atoms with van der Waals surface area (Å²) in [4.78, 5) is 0. The van der Waals surface area contributed by atoms with E-state index >= 15 is 0 Å². The van der Waals surface area contributed by atoms with E-state index < -0.39 is 0 Å². The molecular weight excluding hydrogens is 230 g/mol. The Kier molecular flexibility index (Phi) is 4.35. The van der Waals surface area contributed by atoms with Gasteiger partial charge in [-0.1, -0.05) is 26.0 Å². The Balaban J connectivity index is 2.12. The fourth-order valence-electron chi connectivity index (χ4n) is 3.46. The summed E-state index contributed by atoms with van der Waals surface area (Å²) in [6, 6.07) is 5.83. The molecule has 0 radical (unpaired) electrons. The second-order valence-electron chi connectivity index (χ2n) is 6.70. The second-order valence-corrected chi connectivity index (χ2v) is 6.70. The van der Waals surface area contributed by atoms with Crippen LogP contribution in [0.1, 0.15) is 61.9 Å². The minimum atomic E-state index is 0.456. The first-order chi connectivity index (χ1) is 8.90. The third-order valence-electron chi connectivity index (χ3n) is 5.28. The quantitative estimate of drug-likeness (QED) is 0.830. The summed E-state index contributed by atoms with van der Waals surface area (Å²) >= 11 is 0. The summed E-state index contributed by atoms with van der Waals surface area (Å²) in [5, 5.41) is 3.86. The van der Waals surface area contributed by atoms with Crippen LogP contribution in [0, 0.1) is 32.6 Å². The van der Waals surface area contributed by atoms with E-state index in [1.807, 2.05) is 0 Å². The van der Waals surface area contributed by atoms with Gasteiger partial charge in [0.05, 0.1) is 0 Å². The Hall–Kier alpha value is -0.820. The number of aryl methyl sites for hydroxylation is 3. The number of hydrogen-bond acceptors (Lipinski definition) is 1. The number of rotatable bonds is 3. The minimum Gasteiger partial charge on any atom is -0.307 e. The van der Waals surface area contributed by atoms with Crippen molar-refractivity contribution in [1.29, 1.82) is 0 Å². The monoisotopic (exact) mass is 259 g/mol. The maximum Gasteiger partial charge on any atom is 0.0297 e. The van der Waals surface area contributed by atoms with Gasteiger partial charge in [-0.2, -0.15) is 0 Å². The molecule has 1 aromatic carbocycles. The van der Waals surface area contributed by atoms with Gasteiger partial charge in [-0.25, -0.2) is 0 Å². The third kappa shape index (κ3) is 3.02. The van der Waals surface area contributed by atoms with Crippen molar-refractivity contribution in [3.8, 4) is 0 Å². The zero-order valence-corrected chi connectivity index (χ0v) is 13.4. The first-order valence-electron chi connectivity index (χ1n) is 7.74. The summed E-state index contributed by atoms with van der Waals surface area (Å²) in [6.45, 7) is 13.7. The summed E-state index contributed by atoms with van der Waals surface area (Å²) < 4.78 is 0. The average molecular weight is 259 g/mol. The van der Waals surface area contributed by atoms with Crippen LogP contribution >= 0.6 is 0 Å². The molecule has 1 nitrogen and oxygen atoms in total. The lowest BCUT2D eigenvalue weighted by atomic mass is 9.94. The number of hydrogen-bond donors (Lipinski definition) is 1. The molecule has 1 N–H and O–H groups in total. The van der Waals surface area contributed by atoms with Gasteiger partial charge in [0.25, 0.3) is 0 Å². The van der Waals surface area contributed by atoms with E-state index in [1.54, 1.807) is 0 Å². The van der Waals surface area contributed by atoms with Crippen LogP contribution in [-0.4, -0.2) is 6.04 Å². The predicted octanol–water partition coefficient (Wildman–Crippen LogP) is 4.70. The van der Waals surface area contributed by atoms with Gasteiger partial charge >= 0.3 is 0 Å². The standard InChI is InChI=1S/C18H29N/c1-11-7-8-18(15(11)5)19-16(6)17-10-13(3)12(2)9-14(17)4/h9-11,15-16,18-19H,7-8H2,1-6H3. The fourth-order valence-corrected chi connectivity index (χ4v) is 3.46. The van der Waals surface area contributed by atoms with Crippen molar-refractivity contribution in [3.05, 3.63) is 34.4 Å². The van der Waals surface area contributed by atoms with Crippen molar-refractivity contribution in [2.45, 2.75) is 66.5 Å². The van der Waals surface area contributed by atoms with Crippen LogP contribution in [0.4, 0.5) is 0 Å². The molecule has 0 bridgehead atoms. The van der Waals surface area contributed by atoms with Crippen LogP contribution < -0.4 is 5.32 Å². The lowest BCUT2D eigenvalue weighted by Crippen LogP contribution is -2.34. The SMILES string of the molecule is Cc1cc(C)c(C(C)NC2CCC(C)C2C)cc1C. The lowest BCUT2D eigenvalue weighted by molar-refractivity contribution is 0.346. The topological polar surface area (TPSA) is 12.0 Å². The molecule has 4 unspecified atom stereocenters. The molecule has 0 aliphatic heterocycles. The summed E-state index contributed by atoms with van der Waals surface area (Å²) in [5.74, 6) is 1.67. The average Bonchev–Trinajstić information content (AvgIpc) is 2.65. The van der Waals surface area contributed by atoms with Gasteiger partial charge in [-0.3, -0.25) is 0 Å². The molecule has 19 heavy (non-hydrogen) atoms. The van der Waals surface area contributed by atoms with E-state index in [0.717, 1.165) is 11.8 Å². The molecule has 1 aliphatic carbocycles.